The van der Waals surface area contributed by atoms with E-state index in [4.69, 9.17) is 15.2 Å². The molecule has 0 amide bonds. The minimum Gasteiger partial charge on any atom is -0.493 e. The minimum atomic E-state index is -0.00115. The highest BCUT2D eigenvalue weighted by Gasteiger charge is 2.39. The lowest BCUT2D eigenvalue weighted by Crippen LogP contribution is -2.32. The number of rotatable bonds is 5. The van der Waals surface area contributed by atoms with E-state index in [1.807, 2.05) is 23.9 Å². The molecule has 98 valence electrons. The van der Waals surface area contributed by atoms with Gasteiger partial charge in [0, 0.05) is 17.0 Å². The number of hydrogen-bond acceptors (Lipinski definition) is 4. The Bertz CT molecular complexity index is 441. The summed E-state index contributed by atoms with van der Waals surface area (Å²) in [5.74, 6) is 3.88. The third kappa shape index (κ3) is 2.45. The Hall–Kier alpha value is -0.870. The largest absolute Gasteiger partial charge is 0.493 e. The van der Waals surface area contributed by atoms with Gasteiger partial charge in [-0.3, -0.25) is 0 Å². The predicted octanol–water partition coefficient (Wildman–Crippen LogP) is 2.22. The van der Waals surface area contributed by atoms with Crippen LogP contribution in [0.25, 0.3) is 0 Å². The molecule has 4 heteroatoms. The van der Waals surface area contributed by atoms with Crippen molar-refractivity contribution in [3.63, 3.8) is 0 Å². The molecule has 0 spiro atoms. The van der Waals surface area contributed by atoms with Crippen LogP contribution in [0.1, 0.15) is 18.4 Å². The summed E-state index contributed by atoms with van der Waals surface area (Å²) >= 11 is 1.92. The number of thioether (sulfide) groups is 1. The van der Waals surface area contributed by atoms with E-state index >= 15 is 0 Å². The van der Waals surface area contributed by atoms with Gasteiger partial charge in [0.1, 0.15) is 6.10 Å². The van der Waals surface area contributed by atoms with Crippen molar-refractivity contribution in [2.45, 2.75) is 30.9 Å². The van der Waals surface area contributed by atoms with Gasteiger partial charge in [0.05, 0.1) is 7.11 Å². The smallest absolute Gasteiger partial charge is 0.164 e. The monoisotopic (exact) mass is 265 g/mol. The summed E-state index contributed by atoms with van der Waals surface area (Å²) in [7, 11) is 1.69. The first kappa shape index (κ1) is 12.2. The van der Waals surface area contributed by atoms with Crippen molar-refractivity contribution in [1.82, 2.24) is 0 Å². The molecule has 1 aliphatic carbocycles. The quantitative estimate of drug-likeness (QED) is 0.886. The zero-order valence-corrected chi connectivity index (χ0v) is 11.5. The van der Waals surface area contributed by atoms with Gasteiger partial charge < -0.3 is 15.2 Å². The van der Waals surface area contributed by atoms with Gasteiger partial charge in [0.25, 0.3) is 0 Å². The number of methoxy groups -OCH3 is 1. The maximum absolute atomic E-state index is 6.22. The highest BCUT2D eigenvalue weighted by Crippen LogP contribution is 2.41. The lowest BCUT2D eigenvalue weighted by molar-refractivity contribution is 0.225. The highest BCUT2D eigenvalue weighted by atomic mass is 32.2. The molecule has 3 nitrogen and oxygen atoms in total. The van der Waals surface area contributed by atoms with Gasteiger partial charge in [-0.1, -0.05) is 12.1 Å². The first-order valence-corrected chi connectivity index (χ1v) is 7.55. The van der Waals surface area contributed by atoms with E-state index in [1.54, 1.807) is 7.11 Å². The number of benzene rings is 1. The third-order valence-electron chi connectivity index (χ3n) is 3.61. The average Bonchev–Trinajstić information content (AvgIpc) is 3.02. The van der Waals surface area contributed by atoms with Crippen LogP contribution >= 0.6 is 11.8 Å². The van der Waals surface area contributed by atoms with Crippen molar-refractivity contribution in [2.24, 2.45) is 5.73 Å². The molecule has 3 rings (SSSR count). The van der Waals surface area contributed by atoms with Crippen LogP contribution in [0.4, 0.5) is 0 Å². The SMILES string of the molecule is COc1cccc(CC2(N)CC2)c1OC1CSC1. The topological polar surface area (TPSA) is 44.5 Å². The lowest BCUT2D eigenvalue weighted by atomic mass is 10.0. The Labute approximate surface area is 112 Å². The van der Waals surface area contributed by atoms with Crippen LogP contribution < -0.4 is 15.2 Å². The van der Waals surface area contributed by atoms with Crippen LogP contribution in [-0.4, -0.2) is 30.3 Å². The Morgan fingerprint density at radius 2 is 2.17 bits per heavy atom. The minimum absolute atomic E-state index is 0.00115. The van der Waals surface area contributed by atoms with Crippen LogP contribution in [0.15, 0.2) is 18.2 Å². The molecule has 1 aliphatic heterocycles. The first-order chi connectivity index (χ1) is 8.70. The molecule has 1 saturated heterocycles. The zero-order chi connectivity index (χ0) is 12.6. The zero-order valence-electron chi connectivity index (χ0n) is 10.6. The van der Waals surface area contributed by atoms with Crippen LogP contribution in [0.3, 0.4) is 0 Å². The molecule has 0 radical (unpaired) electrons. The molecule has 0 aromatic heterocycles. The summed E-state index contributed by atoms with van der Waals surface area (Å²) in [5, 5.41) is 0. The second kappa shape index (κ2) is 4.67. The first-order valence-electron chi connectivity index (χ1n) is 6.39. The maximum Gasteiger partial charge on any atom is 0.164 e. The van der Waals surface area contributed by atoms with Gasteiger partial charge in [-0.15, -0.1) is 0 Å². The van der Waals surface area contributed by atoms with Crippen LogP contribution in [0, 0.1) is 0 Å². The van der Waals surface area contributed by atoms with Gasteiger partial charge in [-0.25, -0.2) is 0 Å². The molecule has 1 heterocycles. The lowest BCUT2D eigenvalue weighted by Gasteiger charge is -2.28. The Balaban J connectivity index is 1.85. The maximum atomic E-state index is 6.22. The van der Waals surface area contributed by atoms with Gasteiger partial charge in [-0.2, -0.15) is 11.8 Å². The molecule has 0 unspecified atom stereocenters. The summed E-state index contributed by atoms with van der Waals surface area (Å²) in [6.45, 7) is 0. The molecular weight excluding hydrogens is 246 g/mol. The fourth-order valence-electron chi connectivity index (χ4n) is 2.16. The molecule has 0 bridgehead atoms. The number of ether oxygens (including phenoxy) is 2. The van der Waals surface area contributed by atoms with Gasteiger partial charge in [0.15, 0.2) is 11.5 Å². The van der Waals surface area contributed by atoms with Gasteiger partial charge in [-0.05, 0) is 30.9 Å². The van der Waals surface area contributed by atoms with Crippen LogP contribution in [-0.2, 0) is 6.42 Å². The van der Waals surface area contributed by atoms with Crippen molar-refractivity contribution >= 4 is 11.8 Å². The predicted molar refractivity (Wildman–Crippen MR) is 74.6 cm³/mol. The van der Waals surface area contributed by atoms with E-state index in [-0.39, 0.29) is 5.54 Å². The number of para-hydroxylation sites is 1. The number of nitrogens with two attached hydrogens (primary N) is 1. The van der Waals surface area contributed by atoms with Gasteiger partial charge >= 0.3 is 0 Å². The molecule has 18 heavy (non-hydrogen) atoms. The van der Waals surface area contributed by atoms with Crippen molar-refractivity contribution < 1.29 is 9.47 Å². The molecule has 2 fully saturated rings. The number of hydrogen-bond donors (Lipinski definition) is 1. The summed E-state index contributed by atoms with van der Waals surface area (Å²) in [5.41, 5.74) is 7.40. The Morgan fingerprint density at radius 3 is 2.72 bits per heavy atom. The van der Waals surface area contributed by atoms with Crippen molar-refractivity contribution in [1.29, 1.82) is 0 Å². The normalized spacial score (nSPS) is 21.2. The fraction of sp³-hybridized carbons (Fsp3) is 0.571. The molecule has 1 saturated carbocycles. The molecule has 1 aromatic carbocycles. The van der Waals surface area contributed by atoms with Crippen molar-refractivity contribution in [3.8, 4) is 11.5 Å². The summed E-state index contributed by atoms with van der Waals surface area (Å²) < 4.78 is 11.5. The molecule has 2 aliphatic rings. The molecule has 0 atom stereocenters. The summed E-state index contributed by atoms with van der Waals surface area (Å²) in [6.07, 6.45) is 3.45. The van der Waals surface area contributed by atoms with E-state index in [9.17, 15) is 0 Å². The van der Waals surface area contributed by atoms with E-state index in [1.165, 1.54) is 5.56 Å². The second-order valence-electron chi connectivity index (χ2n) is 5.26. The van der Waals surface area contributed by atoms with E-state index in [2.05, 4.69) is 6.07 Å². The Morgan fingerprint density at radius 1 is 1.39 bits per heavy atom. The van der Waals surface area contributed by atoms with E-state index in [0.29, 0.717) is 6.10 Å². The summed E-state index contributed by atoms with van der Waals surface area (Å²) in [4.78, 5) is 0. The average molecular weight is 265 g/mol. The van der Waals surface area contributed by atoms with Crippen molar-refractivity contribution in [2.75, 3.05) is 18.6 Å². The molecule has 1 aromatic rings. The third-order valence-corrected chi connectivity index (χ3v) is 4.82. The highest BCUT2D eigenvalue weighted by molar-refractivity contribution is 8.00. The Kier molecular flexibility index (Phi) is 3.16. The van der Waals surface area contributed by atoms with Crippen molar-refractivity contribution in [3.05, 3.63) is 23.8 Å². The standard InChI is InChI=1S/C14H19NO2S/c1-16-12-4-2-3-10(7-14(15)5-6-14)13(12)17-11-8-18-9-11/h2-4,11H,5-9,15H2,1H3. The second-order valence-corrected chi connectivity index (χ2v) is 6.34. The summed E-state index contributed by atoms with van der Waals surface area (Å²) in [6, 6.07) is 6.08. The van der Waals surface area contributed by atoms with Gasteiger partial charge in [0.2, 0.25) is 0 Å². The van der Waals surface area contributed by atoms with E-state index < -0.39 is 0 Å². The van der Waals surface area contributed by atoms with Crippen LogP contribution in [0.5, 0.6) is 11.5 Å². The van der Waals surface area contributed by atoms with Crippen LogP contribution in [0.2, 0.25) is 0 Å². The fourth-order valence-corrected chi connectivity index (χ4v) is 2.72. The van der Waals surface area contributed by atoms with E-state index in [0.717, 1.165) is 42.3 Å². The molecular formula is C14H19NO2S. The molecule has 2 N–H and O–H groups in total.